The van der Waals surface area contributed by atoms with Crippen molar-refractivity contribution in [2.75, 3.05) is 0 Å². The average molecular weight is 318 g/mol. The van der Waals surface area contributed by atoms with Crippen LogP contribution in [0.1, 0.15) is 9.67 Å². The van der Waals surface area contributed by atoms with Crippen LogP contribution in [0.3, 0.4) is 0 Å². The van der Waals surface area contributed by atoms with Crippen LogP contribution in [0.15, 0.2) is 12.1 Å². The lowest BCUT2D eigenvalue weighted by atomic mass is 10.4. The van der Waals surface area contributed by atoms with E-state index in [2.05, 4.69) is 31.9 Å². The quantitative estimate of drug-likeness (QED) is 0.600. The molecule has 1 aromatic rings. The highest BCUT2D eigenvalue weighted by atomic mass is 79.9. The first-order chi connectivity index (χ1) is 5.11. The van der Waals surface area contributed by atoms with Crippen LogP contribution in [0.4, 0.5) is 0 Å². The van der Waals surface area contributed by atoms with Crippen LogP contribution in [0.5, 0.6) is 0 Å². The van der Waals surface area contributed by atoms with Gasteiger partial charge in [0.1, 0.15) is 3.74 Å². The van der Waals surface area contributed by atoms with Gasteiger partial charge in [-0.2, -0.15) is 0 Å². The van der Waals surface area contributed by atoms with Crippen LogP contribution in [0.2, 0.25) is 4.34 Å². The molecule has 0 radical (unpaired) electrons. The monoisotopic (exact) mass is 316 g/mol. The number of alkyl halides is 2. The van der Waals surface area contributed by atoms with Crippen LogP contribution in [0.25, 0.3) is 0 Å². The van der Waals surface area contributed by atoms with Crippen molar-refractivity contribution in [2.45, 2.75) is 3.74 Å². The second-order valence-electron chi connectivity index (χ2n) is 1.77. The first-order valence-corrected chi connectivity index (χ1v) is 5.71. The third kappa shape index (κ3) is 2.54. The van der Waals surface area contributed by atoms with E-state index in [0.717, 1.165) is 0 Å². The van der Waals surface area contributed by atoms with Gasteiger partial charge in [-0.05, 0) is 12.1 Å². The van der Waals surface area contributed by atoms with E-state index in [-0.39, 0.29) is 9.52 Å². The molecule has 0 unspecified atom stereocenters. The van der Waals surface area contributed by atoms with Gasteiger partial charge in [-0.15, -0.1) is 11.3 Å². The van der Waals surface area contributed by atoms with Gasteiger partial charge in [0.2, 0.25) is 0 Å². The van der Waals surface area contributed by atoms with Gasteiger partial charge in [0.25, 0.3) is 0 Å². The molecule has 0 atom stereocenters. The van der Waals surface area contributed by atoms with Crippen LogP contribution in [-0.4, -0.2) is 9.52 Å². The number of rotatable bonds is 2. The zero-order valence-electron chi connectivity index (χ0n) is 5.18. The number of Topliss-reactive ketones (excluding diaryl/α,β-unsaturated/α-hetero) is 1. The number of ketones is 1. The Labute approximate surface area is 90.0 Å². The van der Waals surface area contributed by atoms with Crippen LogP contribution in [0, 0.1) is 0 Å². The lowest BCUT2D eigenvalue weighted by Crippen LogP contribution is -2.03. The Morgan fingerprint density at radius 2 is 2.18 bits per heavy atom. The van der Waals surface area contributed by atoms with Gasteiger partial charge in [-0.3, -0.25) is 4.79 Å². The highest BCUT2D eigenvalue weighted by Crippen LogP contribution is 2.25. The molecule has 0 bridgehead atoms. The van der Waals surface area contributed by atoms with Crippen LogP contribution < -0.4 is 0 Å². The van der Waals surface area contributed by atoms with Gasteiger partial charge >= 0.3 is 0 Å². The summed E-state index contributed by atoms with van der Waals surface area (Å²) in [5.74, 6) is 0.00176. The Hall–Kier alpha value is 0.620. The Balaban J connectivity index is 2.85. The molecule has 5 heteroatoms. The lowest BCUT2D eigenvalue weighted by Gasteiger charge is -1.94. The highest BCUT2D eigenvalue weighted by molar-refractivity contribution is 9.25. The first kappa shape index (κ1) is 9.71. The van der Waals surface area contributed by atoms with Crippen LogP contribution in [-0.2, 0) is 0 Å². The van der Waals surface area contributed by atoms with Crippen molar-refractivity contribution in [3.05, 3.63) is 21.3 Å². The van der Waals surface area contributed by atoms with Gasteiger partial charge in [-0.25, -0.2) is 0 Å². The van der Waals surface area contributed by atoms with Gasteiger partial charge in [0, 0.05) is 0 Å². The number of thiophene rings is 1. The molecular formula is C6H3Br2ClOS. The molecule has 0 aliphatic heterocycles. The third-order valence-corrected chi connectivity index (χ3v) is 3.09. The Morgan fingerprint density at radius 1 is 1.55 bits per heavy atom. The fraction of sp³-hybridized carbons (Fsp3) is 0.167. The van der Waals surface area contributed by atoms with E-state index >= 15 is 0 Å². The lowest BCUT2D eigenvalue weighted by molar-refractivity contribution is 0.102. The number of carbonyl (C=O) groups is 1. The summed E-state index contributed by atoms with van der Waals surface area (Å²) in [5, 5.41) is 0. The van der Waals surface area contributed by atoms with Gasteiger partial charge in [0.05, 0.1) is 9.21 Å². The van der Waals surface area contributed by atoms with E-state index in [1.165, 1.54) is 11.3 Å². The smallest absolute Gasteiger partial charge is 0.197 e. The molecule has 0 spiro atoms. The second-order valence-corrected chi connectivity index (χ2v) is 6.54. The number of hydrogen-bond acceptors (Lipinski definition) is 2. The summed E-state index contributed by atoms with van der Waals surface area (Å²) in [4.78, 5) is 11.9. The summed E-state index contributed by atoms with van der Waals surface area (Å²) in [5.41, 5.74) is 0. The summed E-state index contributed by atoms with van der Waals surface area (Å²) < 4.78 is 0.318. The molecule has 0 amide bonds. The molecule has 1 aromatic heterocycles. The zero-order chi connectivity index (χ0) is 8.43. The average Bonchev–Trinajstić information content (AvgIpc) is 2.34. The molecule has 1 rings (SSSR count). The molecule has 0 N–H and O–H groups in total. The standard InChI is InChI=1S/C6H3Br2ClOS/c7-6(8)5(10)3-1-2-4(9)11-3/h1-2,6H. The molecule has 1 nitrogen and oxygen atoms in total. The van der Waals surface area contributed by atoms with E-state index in [1.54, 1.807) is 12.1 Å². The molecule has 0 aliphatic carbocycles. The minimum absolute atomic E-state index is 0.00176. The maximum absolute atomic E-state index is 11.2. The maximum atomic E-state index is 11.2. The summed E-state index contributed by atoms with van der Waals surface area (Å²) in [6.07, 6.45) is 0. The van der Waals surface area contributed by atoms with E-state index in [0.29, 0.717) is 9.21 Å². The maximum Gasteiger partial charge on any atom is 0.197 e. The molecule has 0 saturated carbocycles. The molecule has 1 heterocycles. The molecular weight excluding hydrogens is 315 g/mol. The van der Waals surface area contributed by atoms with Crippen molar-refractivity contribution >= 4 is 60.6 Å². The molecule has 0 fully saturated rings. The SMILES string of the molecule is O=C(c1ccc(Cl)s1)C(Br)Br. The van der Waals surface area contributed by atoms with E-state index in [9.17, 15) is 4.79 Å². The summed E-state index contributed by atoms with van der Waals surface area (Å²) in [6.45, 7) is 0. The predicted molar refractivity (Wildman–Crippen MR) is 55.3 cm³/mol. The molecule has 0 aromatic carbocycles. The zero-order valence-corrected chi connectivity index (χ0v) is 9.93. The second kappa shape index (κ2) is 4.03. The Kier molecular flexibility index (Phi) is 3.55. The van der Waals surface area contributed by atoms with E-state index in [4.69, 9.17) is 11.6 Å². The van der Waals surface area contributed by atoms with Gasteiger partial charge < -0.3 is 0 Å². The number of carbonyl (C=O) groups excluding carboxylic acids is 1. The van der Waals surface area contributed by atoms with Gasteiger partial charge in [0.15, 0.2) is 5.78 Å². The largest absolute Gasteiger partial charge is 0.291 e. The number of halogens is 3. The van der Waals surface area contributed by atoms with Crippen molar-refractivity contribution in [3.8, 4) is 0 Å². The Bertz CT molecular complexity index is 271. The molecule has 0 aliphatic rings. The minimum Gasteiger partial charge on any atom is -0.291 e. The predicted octanol–water partition coefficient (Wildman–Crippen LogP) is 3.70. The van der Waals surface area contributed by atoms with Crippen molar-refractivity contribution in [1.82, 2.24) is 0 Å². The summed E-state index contributed by atoms with van der Waals surface area (Å²) in [7, 11) is 0. The summed E-state index contributed by atoms with van der Waals surface area (Å²) in [6, 6.07) is 3.42. The summed E-state index contributed by atoms with van der Waals surface area (Å²) >= 11 is 13.2. The third-order valence-electron chi connectivity index (χ3n) is 1.01. The van der Waals surface area contributed by atoms with E-state index in [1.807, 2.05) is 0 Å². The molecule has 60 valence electrons. The van der Waals surface area contributed by atoms with Gasteiger partial charge in [-0.1, -0.05) is 43.5 Å². The molecule has 11 heavy (non-hydrogen) atoms. The Morgan fingerprint density at radius 3 is 2.55 bits per heavy atom. The fourth-order valence-corrected chi connectivity index (χ4v) is 2.36. The van der Waals surface area contributed by atoms with Crippen molar-refractivity contribution in [2.24, 2.45) is 0 Å². The van der Waals surface area contributed by atoms with Crippen molar-refractivity contribution < 1.29 is 4.79 Å². The number of hydrogen-bond donors (Lipinski definition) is 0. The normalized spacial score (nSPS) is 10.5. The molecule has 0 saturated heterocycles. The minimum atomic E-state index is -0.315. The van der Waals surface area contributed by atoms with Crippen molar-refractivity contribution in [1.29, 1.82) is 0 Å². The highest BCUT2D eigenvalue weighted by Gasteiger charge is 2.14. The topological polar surface area (TPSA) is 17.1 Å². The first-order valence-electron chi connectivity index (χ1n) is 2.69. The van der Waals surface area contributed by atoms with E-state index < -0.39 is 0 Å². The van der Waals surface area contributed by atoms with Crippen LogP contribution >= 0.6 is 54.8 Å². The van der Waals surface area contributed by atoms with Crippen molar-refractivity contribution in [3.63, 3.8) is 0 Å². The fourth-order valence-electron chi connectivity index (χ4n) is 0.554.